The summed E-state index contributed by atoms with van der Waals surface area (Å²) in [6.45, 7) is 4.89. The van der Waals surface area contributed by atoms with Crippen LogP contribution in [0.4, 0.5) is 0 Å². The number of aliphatic hydroxyl groups is 1. The molecular formula is C19H22N2OS. The standard InChI is InChI=1S/C19H22N2OS/c1-13(2)19(15-7-5-9-20-11-15)21-12-16(22)18-10-14-6-3-4-8-17(14)23-18/h3-11,13,16,19,21-22H,12H2,1-2H3. The maximum absolute atomic E-state index is 10.5. The van der Waals surface area contributed by atoms with E-state index in [1.807, 2.05) is 24.4 Å². The summed E-state index contributed by atoms with van der Waals surface area (Å²) >= 11 is 1.66. The topological polar surface area (TPSA) is 45.1 Å². The van der Waals surface area contributed by atoms with Gasteiger partial charge < -0.3 is 10.4 Å². The second kappa shape index (κ2) is 7.21. The number of pyridine rings is 1. The number of fused-ring (bicyclic) bond motifs is 1. The molecule has 2 atom stereocenters. The van der Waals surface area contributed by atoms with Gasteiger partial charge in [-0.3, -0.25) is 4.98 Å². The monoisotopic (exact) mass is 326 g/mol. The van der Waals surface area contributed by atoms with Crippen molar-refractivity contribution in [2.24, 2.45) is 5.92 Å². The lowest BCUT2D eigenvalue weighted by Gasteiger charge is -2.24. The Balaban J connectivity index is 1.70. The Hall–Kier alpha value is -1.75. The molecule has 23 heavy (non-hydrogen) atoms. The molecule has 0 bridgehead atoms. The van der Waals surface area contributed by atoms with Gasteiger partial charge in [0, 0.05) is 34.6 Å². The number of hydrogen-bond acceptors (Lipinski definition) is 4. The molecule has 3 nitrogen and oxygen atoms in total. The van der Waals surface area contributed by atoms with E-state index in [-0.39, 0.29) is 6.04 Å². The Morgan fingerprint density at radius 3 is 2.70 bits per heavy atom. The van der Waals surface area contributed by atoms with Crippen LogP contribution in [0.15, 0.2) is 54.9 Å². The van der Waals surface area contributed by atoms with E-state index in [1.54, 1.807) is 17.5 Å². The van der Waals surface area contributed by atoms with E-state index < -0.39 is 6.10 Å². The first-order chi connectivity index (χ1) is 11.1. The van der Waals surface area contributed by atoms with Gasteiger partial charge >= 0.3 is 0 Å². The minimum Gasteiger partial charge on any atom is -0.386 e. The third-order valence-corrected chi connectivity index (χ3v) is 5.23. The van der Waals surface area contributed by atoms with Gasteiger partial charge in [0.2, 0.25) is 0 Å². The number of hydrogen-bond donors (Lipinski definition) is 2. The molecule has 0 amide bonds. The average Bonchev–Trinajstić information content (AvgIpc) is 2.99. The highest BCUT2D eigenvalue weighted by Crippen LogP contribution is 2.30. The van der Waals surface area contributed by atoms with E-state index in [2.05, 4.69) is 48.4 Å². The highest BCUT2D eigenvalue weighted by atomic mass is 32.1. The van der Waals surface area contributed by atoms with Crippen molar-refractivity contribution in [2.75, 3.05) is 6.54 Å². The van der Waals surface area contributed by atoms with Crippen molar-refractivity contribution in [1.82, 2.24) is 10.3 Å². The lowest BCUT2D eigenvalue weighted by molar-refractivity contribution is 0.169. The zero-order chi connectivity index (χ0) is 16.2. The van der Waals surface area contributed by atoms with E-state index in [4.69, 9.17) is 0 Å². The van der Waals surface area contributed by atoms with E-state index in [0.29, 0.717) is 12.5 Å². The van der Waals surface area contributed by atoms with E-state index in [0.717, 1.165) is 10.4 Å². The molecule has 2 unspecified atom stereocenters. The molecule has 0 saturated heterocycles. The number of aromatic nitrogens is 1. The van der Waals surface area contributed by atoms with Crippen molar-refractivity contribution in [3.8, 4) is 0 Å². The molecule has 3 rings (SSSR count). The number of nitrogens with zero attached hydrogens (tertiary/aromatic N) is 1. The van der Waals surface area contributed by atoms with Gasteiger partial charge in [-0.05, 0) is 35.1 Å². The average molecular weight is 326 g/mol. The van der Waals surface area contributed by atoms with Crippen molar-refractivity contribution < 1.29 is 5.11 Å². The van der Waals surface area contributed by atoms with Crippen molar-refractivity contribution in [3.05, 3.63) is 65.3 Å². The molecule has 120 valence electrons. The fourth-order valence-electron chi connectivity index (χ4n) is 2.80. The molecule has 2 N–H and O–H groups in total. The number of nitrogens with one attached hydrogen (secondary N) is 1. The van der Waals surface area contributed by atoms with Gasteiger partial charge in [-0.15, -0.1) is 11.3 Å². The van der Waals surface area contributed by atoms with Crippen molar-refractivity contribution in [1.29, 1.82) is 0 Å². The van der Waals surface area contributed by atoms with Crippen LogP contribution in [0.2, 0.25) is 0 Å². The van der Waals surface area contributed by atoms with Crippen LogP contribution in [0.5, 0.6) is 0 Å². The molecule has 2 heterocycles. The highest BCUT2D eigenvalue weighted by Gasteiger charge is 2.18. The molecule has 0 aliphatic heterocycles. The maximum Gasteiger partial charge on any atom is 0.101 e. The van der Waals surface area contributed by atoms with Crippen LogP contribution in [0, 0.1) is 5.92 Å². The van der Waals surface area contributed by atoms with Gasteiger partial charge in [0.25, 0.3) is 0 Å². The molecule has 1 aromatic carbocycles. The Morgan fingerprint density at radius 2 is 2.00 bits per heavy atom. The third-order valence-electron chi connectivity index (χ3n) is 4.01. The van der Waals surface area contributed by atoms with Crippen molar-refractivity contribution >= 4 is 21.4 Å². The molecule has 4 heteroatoms. The zero-order valence-corrected chi connectivity index (χ0v) is 14.3. The molecule has 0 fully saturated rings. The van der Waals surface area contributed by atoms with Crippen LogP contribution in [0.25, 0.3) is 10.1 Å². The fourth-order valence-corrected chi connectivity index (χ4v) is 3.85. The van der Waals surface area contributed by atoms with Gasteiger partial charge in [0.05, 0.1) is 0 Å². The predicted molar refractivity (Wildman–Crippen MR) is 96.6 cm³/mol. The quantitative estimate of drug-likeness (QED) is 0.709. The van der Waals surface area contributed by atoms with Gasteiger partial charge in [-0.25, -0.2) is 0 Å². The van der Waals surface area contributed by atoms with E-state index in [1.165, 1.54) is 10.1 Å². The molecule has 0 aliphatic carbocycles. The Kier molecular flexibility index (Phi) is 5.06. The van der Waals surface area contributed by atoms with Gasteiger partial charge in [-0.1, -0.05) is 38.1 Å². The normalized spacial score (nSPS) is 14.3. The maximum atomic E-state index is 10.5. The molecule has 0 radical (unpaired) electrons. The van der Waals surface area contributed by atoms with Crippen LogP contribution in [-0.2, 0) is 0 Å². The highest BCUT2D eigenvalue weighted by molar-refractivity contribution is 7.19. The molecule has 2 aromatic heterocycles. The van der Waals surface area contributed by atoms with E-state index >= 15 is 0 Å². The number of rotatable bonds is 6. The first-order valence-corrected chi connectivity index (χ1v) is 8.76. The second-order valence-corrected chi connectivity index (χ2v) is 7.23. The minimum atomic E-state index is -0.495. The smallest absolute Gasteiger partial charge is 0.101 e. The van der Waals surface area contributed by atoms with E-state index in [9.17, 15) is 5.11 Å². The van der Waals surface area contributed by atoms with Crippen LogP contribution in [-0.4, -0.2) is 16.6 Å². The second-order valence-electron chi connectivity index (χ2n) is 6.12. The summed E-state index contributed by atoms with van der Waals surface area (Å²) in [5.41, 5.74) is 1.16. The molecular weight excluding hydrogens is 304 g/mol. The van der Waals surface area contributed by atoms with Gasteiger partial charge in [0.15, 0.2) is 0 Å². The first kappa shape index (κ1) is 16.1. The van der Waals surface area contributed by atoms with Crippen LogP contribution in [0.1, 0.15) is 36.4 Å². The van der Waals surface area contributed by atoms with Crippen LogP contribution >= 0.6 is 11.3 Å². The number of thiophene rings is 1. The molecule has 0 saturated carbocycles. The first-order valence-electron chi connectivity index (χ1n) is 7.95. The summed E-state index contributed by atoms with van der Waals surface area (Å²) in [7, 11) is 0. The SMILES string of the molecule is CC(C)C(NCC(O)c1cc2ccccc2s1)c1cccnc1. The van der Waals surface area contributed by atoms with Gasteiger partial charge in [-0.2, -0.15) is 0 Å². The zero-order valence-electron chi connectivity index (χ0n) is 13.4. The minimum absolute atomic E-state index is 0.188. The third kappa shape index (κ3) is 3.78. The Labute approximate surface area is 141 Å². The van der Waals surface area contributed by atoms with Crippen LogP contribution < -0.4 is 5.32 Å². The summed E-state index contributed by atoms with van der Waals surface area (Å²) in [6.07, 6.45) is 3.18. The summed E-state index contributed by atoms with van der Waals surface area (Å²) in [6, 6.07) is 14.5. The van der Waals surface area contributed by atoms with Crippen molar-refractivity contribution in [2.45, 2.75) is 26.0 Å². The lowest BCUT2D eigenvalue weighted by atomic mass is 9.97. The molecule has 0 aliphatic rings. The summed E-state index contributed by atoms with van der Waals surface area (Å²) in [4.78, 5) is 5.21. The lowest BCUT2D eigenvalue weighted by Crippen LogP contribution is -2.29. The Bertz CT molecular complexity index is 721. The van der Waals surface area contributed by atoms with Gasteiger partial charge in [0.1, 0.15) is 6.10 Å². The van der Waals surface area contributed by atoms with Crippen LogP contribution in [0.3, 0.4) is 0 Å². The fraction of sp³-hybridized carbons (Fsp3) is 0.316. The predicted octanol–water partition coefficient (Wildman–Crippen LogP) is 4.32. The molecule has 3 aromatic rings. The summed E-state index contributed by atoms with van der Waals surface area (Å²) in [5, 5.41) is 15.2. The Morgan fingerprint density at radius 1 is 1.17 bits per heavy atom. The number of benzene rings is 1. The van der Waals surface area contributed by atoms with Crippen molar-refractivity contribution in [3.63, 3.8) is 0 Å². The summed E-state index contributed by atoms with van der Waals surface area (Å²) in [5.74, 6) is 0.425. The molecule has 0 spiro atoms. The summed E-state index contributed by atoms with van der Waals surface area (Å²) < 4.78 is 1.22. The largest absolute Gasteiger partial charge is 0.386 e. The number of aliphatic hydroxyl groups excluding tert-OH is 1.